The number of aromatic nitrogens is 19. The van der Waals surface area contributed by atoms with E-state index in [-0.39, 0.29) is 29.5 Å². The van der Waals surface area contributed by atoms with Crippen molar-refractivity contribution < 1.29 is 24.0 Å². The van der Waals surface area contributed by atoms with Gasteiger partial charge in [0.1, 0.15) is 113 Å². The van der Waals surface area contributed by atoms with Crippen molar-refractivity contribution in [3.05, 3.63) is 198 Å². The van der Waals surface area contributed by atoms with Gasteiger partial charge in [-0.05, 0) is 173 Å². The van der Waals surface area contributed by atoms with E-state index >= 15 is 0 Å². The van der Waals surface area contributed by atoms with Gasteiger partial charge < -0.3 is 78.1 Å². The minimum atomic E-state index is 0.00720. The first-order chi connectivity index (χ1) is 63.3. The number of aromatic amines is 6. The molecule has 0 aliphatic heterocycles. The number of hydrogen-bond acceptors (Lipinski definition) is 22. The Hall–Kier alpha value is -15.8. The molecule has 0 saturated heterocycles. The first-order valence-electron chi connectivity index (χ1n) is 44.2. The van der Waals surface area contributed by atoms with E-state index in [1.54, 1.807) is 76.2 Å². The van der Waals surface area contributed by atoms with Crippen LogP contribution in [0.5, 0.6) is 0 Å². The maximum Gasteiger partial charge on any atom is 0.219 e. The molecule has 0 bridgehead atoms. The number of amides is 5. The Labute approximate surface area is 753 Å². The molecule has 34 nitrogen and oxygen atoms in total. The molecule has 1 fully saturated rings. The number of nitrogen functional groups attached to an aromatic ring is 5. The van der Waals surface area contributed by atoms with Gasteiger partial charge in [-0.3, -0.25) is 29.1 Å². The van der Waals surface area contributed by atoms with Crippen LogP contribution in [-0.2, 0) is 56.7 Å². The molecule has 0 atom stereocenters. The molecule has 12 aromatic heterocycles. The number of nitrogens with zero attached hydrogens (tertiary/aromatic N) is 18. The lowest BCUT2D eigenvalue weighted by Crippen LogP contribution is -2.28. The van der Waals surface area contributed by atoms with Gasteiger partial charge in [0, 0.05) is 118 Å². The second-order valence-electron chi connectivity index (χ2n) is 32.8. The highest BCUT2D eigenvalue weighted by Gasteiger charge is 2.25. The van der Waals surface area contributed by atoms with Crippen LogP contribution in [0, 0.1) is 0 Å². The molecule has 5 amide bonds. The molecule has 0 radical (unpaired) electrons. The second kappa shape index (κ2) is 38.4. The molecule has 2 aliphatic rings. The third-order valence-corrected chi connectivity index (χ3v) is 24.3. The fraction of sp³-hybridized carbons (Fsp3) is 0.289. The molecular formula is C97H107N29O5. The number of nitrogens with one attached hydrogen (secondary N) is 6. The Morgan fingerprint density at radius 1 is 0.374 bits per heavy atom. The monoisotopic (exact) mass is 1760 g/mol. The molecule has 16 N–H and O–H groups in total. The maximum absolute atomic E-state index is 11.7. The summed E-state index contributed by atoms with van der Waals surface area (Å²) in [5, 5.41) is 15.9. The summed E-state index contributed by atoms with van der Waals surface area (Å²) >= 11 is 0. The van der Waals surface area contributed by atoms with Gasteiger partial charge in [-0.15, -0.1) is 0 Å². The first kappa shape index (κ1) is 88.7. The summed E-state index contributed by atoms with van der Waals surface area (Å²) in [6, 6.07) is 44.6. The number of H-pyrrole nitrogens is 6. The Bertz CT molecular complexity index is 7170. The Morgan fingerprint density at radius 3 is 1.09 bits per heavy atom. The van der Waals surface area contributed by atoms with Crippen LogP contribution in [0.3, 0.4) is 0 Å². The minimum Gasteiger partial charge on any atom is -0.382 e. The smallest absolute Gasteiger partial charge is 0.219 e. The van der Waals surface area contributed by atoms with Crippen LogP contribution in [-0.4, -0.2) is 181 Å². The quantitative estimate of drug-likeness (QED) is 0.0337. The molecule has 2 aliphatic carbocycles. The Balaban J connectivity index is 0.000000120. The lowest BCUT2D eigenvalue weighted by molar-refractivity contribution is -0.130. The zero-order chi connectivity index (χ0) is 92.0. The van der Waals surface area contributed by atoms with Gasteiger partial charge >= 0.3 is 0 Å². The maximum atomic E-state index is 11.7. The third kappa shape index (κ3) is 19.0. The summed E-state index contributed by atoms with van der Waals surface area (Å²) in [6.07, 6.45) is 16.2. The van der Waals surface area contributed by atoms with Gasteiger partial charge in [0.2, 0.25) is 29.5 Å². The van der Waals surface area contributed by atoms with E-state index in [9.17, 15) is 24.0 Å². The van der Waals surface area contributed by atoms with Gasteiger partial charge in [-0.2, -0.15) is 10.2 Å². The number of pyridine rings is 5. The Morgan fingerprint density at radius 2 is 0.733 bits per heavy atom. The van der Waals surface area contributed by atoms with Crippen LogP contribution in [0.25, 0.3) is 143 Å². The summed E-state index contributed by atoms with van der Waals surface area (Å²) < 4.78 is 1.77. The van der Waals surface area contributed by atoms with E-state index in [0.717, 1.165) is 146 Å². The number of nitrogens with two attached hydrogens (primary N) is 5. The van der Waals surface area contributed by atoms with Gasteiger partial charge in [0.25, 0.3) is 0 Å². The number of allylic oxidation sites excluding steroid dienone is 2. The third-order valence-electron chi connectivity index (χ3n) is 24.3. The summed E-state index contributed by atoms with van der Waals surface area (Å²) in [4.78, 5) is 129. The number of carbonyl (C=O) groups is 5. The fourth-order valence-corrected chi connectivity index (χ4v) is 17.2. The van der Waals surface area contributed by atoms with Crippen molar-refractivity contribution in [2.24, 2.45) is 0 Å². The number of carbonyl (C=O) groups excluding carboxylic acids is 5. The minimum absolute atomic E-state index is 0.00720. The average molecular weight is 1760 g/mol. The van der Waals surface area contributed by atoms with Crippen LogP contribution in [0.15, 0.2) is 158 Å². The molecule has 18 aromatic rings. The number of rotatable bonds is 20. The van der Waals surface area contributed by atoms with Crippen LogP contribution < -0.4 is 28.7 Å². The van der Waals surface area contributed by atoms with Crippen molar-refractivity contribution in [1.29, 1.82) is 0 Å². The topological polar surface area (TPSA) is 486 Å². The zero-order valence-corrected chi connectivity index (χ0v) is 75.1. The first-order valence-corrected chi connectivity index (χ1v) is 44.2. The van der Waals surface area contributed by atoms with Crippen molar-refractivity contribution >= 4 is 174 Å². The molecule has 1 saturated carbocycles. The van der Waals surface area contributed by atoms with E-state index in [4.69, 9.17) is 43.6 Å². The molecule has 34 heteroatoms. The summed E-state index contributed by atoms with van der Waals surface area (Å²) in [7, 11) is 0. The molecule has 131 heavy (non-hydrogen) atoms. The van der Waals surface area contributed by atoms with Crippen molar-refractivity contribution in [3.8, 4) is 28.1 Å². The van der Waals surface area contributed by atoms with Crippen LogP contribution in [0.1, 0.15) is 160 Å². The highest BCUT2D eigenvalue weighted by Crippen LogP contribution is 2.39. The number of hydrogen-bond donors (Lipinski definition) is 11. The SMILES string of the molecule is CCN(Cc1nc2c([nH]1)c(N)nc1cc(-c3ccccc3)ccc12)C(C)=O.CCN(Cc1nc2c([nH]1)c(N)nc1cc(-c3ccn[nH]3)ccc12)C(C)=O.CCN(Cc1nc2c([nH]1)c(N)nc1cc(-n3cccn3)ccc12)C(C)=O.CCN(Cc1nc2c([nH]1)c(N)nc1cc(C3=CCCC3)ccc12)C(C)=O.CCN(Cc1nc2c([nH]1)c(N)nc1cc(C3CCCC3)ccc12)C(C)=O. The molecule has 20 rings (SSSR count). The van der Waals surface area contributed by atoms with E-state index in [2.05, 4.69) is 136 Å². The van der Waals surface area contributed by atoms with Crippen LogP contribution in [0.2, 0.25) is 0 Å². The zero-order valence-electron chi connectivity index (χ0n) is 75.1. The predicted octanol–water partition coefficient (Wildman–Crippen LogP) is 15.8. The van der Waals surface area contributed by atoms with E-state index < -0.39 is 0 Å². The number of benzene rings is 6. The molecule has 6 aromatic carbocycles. The normalized spacial score (nSPS) is 12.6. The molecule has 0 spiro atoms. The largest absolute Gasteiger partial charge is 0.382 e. The van der Waals surface area contributed by atoms with Crippen LogP contribution in [0.4, 0.5) is 29.1 Å². The van der Waals surface area contributed by atoms with Crippen molar-refractivity contribution in [2.45, 2.75) is 153 Å². The van der Waals surface area contributed by atoms with Crippen LogP contribution >= 0.6 is 0 Å². The average Bonchev–Trinajstić information content (AvgIpc) is 1.67. The predicted molar refractivity (Wildman–Crippen MR) is 516 cm³/mol. The van der Waals surface area contributed by atoms with Gasteiger partial charge in [-0.1, -0.05) is 79.6 Å². The fourth-order valence-electron chi connectivity index (χ4n) is 17.2. The highest BCUT2D eigenvalue weighted by molar-refractivity contribution is 6.11. The van der Waals surface area contributed by atoms with Gasteiger partial charge in [0.15, 0.2) is 0 Å². The number of imidazole rings is 5. The molecular weight excluding hydrogens is 1650 g/mol. The van der Waals surface area contributed by atoms with E-state index in [1.165, 1.54) is 48.8 Å². The molecule has 670 valence electrons. The summed E-state index contributed by atoms with van der Waals surface area (Å²) in [5.74, 6) is 6.35. The summed E-state index contributed by atoms with van der Waals surface area (Å²) in [5.41, 5.74) is 51.4. The Kier molecular flexibility index (Phi) is 26.0. The van der Waals surface area contributed by atoms with Crippen molar-refractivity contribution in [3.63, 3.8) is 0 Å². The summed E-state index contributed by atoms with van der Waals surface area (Å²) in [6.45, 7) is 22.8. The number of fused-ring (bicyclic) bond motifs is 15. The van der Waals surface area contributed by atoms with E-state index in [0.29, 0.717) is 134 Å². The molecule has 12 heterocycles. The van der Waals surface area contributed by atoms with Crippen molar-refractivity contribution in [1.82, 2.24) is 119 Å². The lowest BCUT2D eigenvalue weighted by Gasteiger charge is -2.16. The molecule has 0 unspecified atom stereocenters. The van der Waals surface area contributed by atoms with Gasteiger partial charge in [0.05, 0.1) is 71.7 Å². The highest BCUT2D eigenvalue weighted by atomic mass is 16.2. The lowest BCUT2D eigenvalue weighted by atomic mass is 9.96. The van der Waals surface area contributed by atoms with Gasteiger partial charge in [-0.25, -0.2) is 54.5 Å². The van der Waals surface area contributed by atoms with E-state index in [1.807, 2.05) is 120 Å². The van der Waals surface area contributed by atoms with Crippen molar-refractivity contribution in [2.75, 3.05) is 61.4 Å². The standard InChI is InChI=1S/C21H21N5O.C20H25N5O.C20H23N5O.2C18H19N7O/c1-3-26(13(2)27)12-18-24-19-16-10-9-15(14-7-5-4-6-8-14)11-17(16)23-21(22)20(19)25-18;2*1-3-25(12(2)26)11-17-23-18-15-9-8-14(13-6-4-5-7-13)10-16(15)22-20(21)19(18)24-17;1-3-24(11(2)26)10-15-22-16-13-6-5-12(25-8-4-7-20-25)9-14(13)21-18(19)17(16)23-15;1-3-25(10(2)26)9-15-22-16-12-5-4-11(13-6-7-20-24-13)8-14(12)21-18(19)17(16)23-15/h4-11H,3,12H2,1-2H3,(H2,22,23)(H,24,25);8-10,13H,3-7,11H2,1-2H3,(H2,21,22)(H,23,24);6,8-10H,3-5,7,11H2,1-2H3,(H2,21,22)(H,23,24);4-9H,3,10H2,1-2H3,(H2,19,21)(H,22,23);4-8H,3,9H2,1-2H3,(H2,19,21)(H,20,24)(H,22,23). The number of anilines is 5. The second-order valence-corrected chi connectivity index (χ2v) is 32.8.